The maximum Gasteiger partial charge on any atom is 0.144 e. The number of rotatable bonds is 7. The fourth-order valence-electron chi connectivity index (χ4n) is 2.22. The van der Waals surface area contributed by atoms with Crippen LogP contribution in [-0.4, -0.2) is 32.4 Å². The van der Waals surface area contributed by atoms with E-state index in [0.29, 0.717) is 12.6 Å². The van der Waals surface area contributed by atoms with Crippen LogP contribution in [0, 0.1) is 0 Å². The van der Waals surface area contributed by atoms with Crippen LogP contribution in [0.3, 0.4) is 0 Å². The maximum atomic E-state index is 6.26. The molecular formula is C15H24N2O2. The number of benzene rings is 1. The molecule has 0 atom stereocenters. The monoisotopic (exact) mass is 264 g/mol. The smallest absolute Gasteiger partial charge is 0.144 e. The highest BCUT2D eigenvalue weighted by atomic mass is 16.5. The molecule has 0 radical (unpaired) electrons. The first-order valence-electron chi connectivity index (χ1n) is 6.94. The number of hydrogen-bond acceptors (Lipinski definition) is 4. The molecule has 4 nitrogen and oxygen atoms in total. The molecule has 2 rings (SSSR count). The lowest BCUT2D eigenvalue weighted by molar-refractivity contribution is 0.205. The highest BCUT2D eigenvalue weighted by Crippen LogP contribution is 2.38. The van der Waals surface area contributed by atoms with E-state index in [1.54, 1.807) is 7.11 Å². The van der Waals surface area contributed by atoms with Crippen LogP contribution in [0.2, 0.25) is 0 Å². The minimum atomic E-state index is 0.130. The number of nitrogens with zero attached hydrogens (tertiary/aromatic N) is 1. The molecule has 0 unspecified atom stereocenters. The van der Waals surface area contributed by atoms with Gasteiger partial charge >= 0.3 is 0 Å². The summed E-state index contributed by atoms with van der Waals surface area (Å²) in [5, 5.41) is 0. The van der Waals surface area contributed by atoms with Crippen molar-refractivity contribution in [2.75, 3.05) is 30.9 Å². The summed E-state index contributed by atoms with van der Waals surface area (Å²) in [6.45, 7) is 5.60. The molecule has 0 spiro atoms. The van der Waals surface area contributed by atoms with E-state index in [1.807, 2.05) is 26.0 Å². The molecule has 0 amide bonds. The van der Waals surface area contributed by atoms with Crippen LogP contribution in [0.4, 0.5) is 11.4 Å². The predicted octanol–water partition coefficient (Wildman–Crippen LogP) is 2.67. The molecule has 1 fully saturated rings. The van der Waals surface area contributed by atoms with E-state index in [0.717, 1.165) is 23.7 Å². The normalized spacial score (nSPS) is 14.7. The molecule has 2 N–H and O–H groups in total. The SMILES string of the molecule is COCCN(c1cccc(OC(C)C)c1N)C1CC1. The molecule has 1 aromatic carbocycles. The van der Waals surface area contributed by atoms with Gasteiger partial charge in [0.2, 0.25) is 0 Å². The van der Waals surface area contributed by atoms with Gasteiger partial charge in [0, 0.05) is 19.7 Å². The summed E-state index contributed by atoms with van der Waals surface area (Å²) in [7, 11) is 1.73. The van der Waals surface area contributed by atoms with Crippen LogP contribution < -0.4 is 15.4 Å². The lowest BCUT2D eigenvalue weighted by atomic mass is 10.2. The number of anilines is 2. The molecule has 0 bridgehead atoms. The van der Waals surface area contributed by atoms with Crippen LogP contribution in [0.1, 0.15) is 26.7 Å². The number of nitrogens with two attached hydrogens (primary N) is 1. The molecule has 0 heterocycles. The highest BCUT2D eigenvalue weighted by Gasteiger charge is 2.30. The van der Waals surface area contributed by atoms with E-state index in [9.17, 15) is 0 Å². The van der Waals surface area contributed by atoms with Crippen molar-refractivity contribution in [3.05, 3.63) is 18.2 Å². The lowest BCUT2D eigenvalue weighted by Crippen LogP contribution is -2.30. The fourth-order valence-corrected chi connectivity index (χ4v) is 2.22. The molecule has 0 aliphatic heterocycles. The van der Waals surface area contributed by atoms with Crippen LogP contribution in [0.5, 0.6) is 5.75 Å². The summed E-state index contributed by atoms with van der Waals surface area (Å²) >= 11 is 0. The van der Waals surface area contributed by atoms with Crippen LogP contribution in [0.15, 0.2) is 18.2 Å². The quantitative estimate of drug-likeness (QED) is 0.769. The Morgan fingerprint density at radius 1 is 1.37 bits per heavy atom. The molecule has 1 saturated carbocycles. The first-order chi connectivity index (χ1) is 9.13. The summed E-state index contributed by atoms with van der Waals surface area (Å²) in [5.41, 5.74) is 8.07. The van der Waals surface area contributed by atoms with Crippen molar-refractivity contribution in [2.24, 2.45) is 0 Å². The van der Waals surface area contributed by atoms with Crippen LogP contribution in [-0.2, 0) is 4.74 Å². The highest BCUT2D eigenvalue weighted by molar-refractivity contribution is 5.74. The van der Waals surface area contributed by atoms with E-state index in [-0.39, 0.29) is 6.10 Å². The van der Waals surface area contributed by atoms with Gasteiger partial charge in [0.1, 0.15) is 5.75 Å². The third-order valence-electron chi connectivity index (χ3n) is 3.24. The Kier molecular flexibility index (Phi) is 4.53. The Balaban J connectivity index is 2.21. The second-order valence-corrected chi connectivity index (χ2v) is 5.27. The lowest BCUT2D eigenvalue weighted by Gasteiger charge is -2.27. The average molecular weight is 264 g/mol. The Morgan fingerprint density at radius 3 is 2.68 bits per heavy atom. The molecule has 1 aromatic rings. The van der Waals surface area contributed by atoms with Gasteiger partial charge in [-0.1, -0.05) is 6.07 Å². The van der Waals surface area contributed by atoms with Crippen molar-refractivity contribution in [3.8, 4) is 5.75 Å². The van der Waals surface area contributed by atoms with Gasteiger partial charge in [-0.3, -0.25) is 0 Å². The zero-order valence-corrected chi connectivity index (χ0v) is 12.1. The van der Waals surface area contributed by atoms with Gasteiger partial charge in [-0.25, -0.2) is 0 Å². The summed E-state index contributed by atoms with van der Waals surface area (Å²) in [4.78, 5) is 2.34. The van der Waals surface area contributed by atoms with Crippen LogP contribution in [0.25, 0.3) is 0 Å². The zero-order valence-electron chi connectivity index (χ0n) is 12.1. The first kappa shape index (κ1) is 14.0. The summed E-state index contributed by atoms with van der Waals surface area (Å²) < 4.78 is 11.0. The van der Waals surface area contributed by atoms with Crippen LogP contribution >= 0.6 is 0 Å². The minimum absolute atomic E-state index is 0.130. The van der Waals surface area contributed by atoms with Gasteiger partial charge in [-0.15, -0.1) is 0 Å². The van der Waals surface area contributed by atoms with Gasteiger partial charge in [0.05, 0.1) is 24.1 Å². The summed E-state index contributed by atoms with van der Waals surface area (Å²) in [5.74, 6) is 0.774. The number of nitrogen functional groups attached to an aromatic ring is 1. The zero-order chi connectivity index (χ0) is 13.8. The van der Waals surface area contributed by atoms with Crippen molar-refractivity contribution in [1.82, 2.24) is 0 Å². The molecule has 1 aliphatic rings. The molecule has 0 saturated heterocycles. The first-order valence-corrected chi connectivity index (χ1v) is 6.94. The Bertz CT molecular complexity index is 417. The topological polar surface area (TPSA) is 47.7 Å². The fraction of sp³-hybridized carbons (Fsp3) is 0.600. The molecule has 19 heavy (non-hydrogen) atoms. The number of ether oxygens (including phenoxy) is 2. The molecule has 1 aliphatic carbocycles. The number of para-hydroxylation sites is 1. The van der Waals surface area contributed by atoms with Gasteiger partial charge in [0.15, 0.2) is 0 Å². The van der Waals surface area contributed by atoms with E-state index in [2.05, 4.69) is 11.0 Å². The second kappa shape index (κ2) is 6.15. The Hall–Kier alpha value is -1.42. The van der Waals surface area contributed by atoms with Crippen molar-refractivity contribution < 1.29 is 9.47 Å². The maximum absolute atomic E-state index is 6.26. The van der Waals surface area contributed by atoms with Gasteiger partial charge in [0.25, 0.3) is 0 Å². The molecule has 106 valence electrons. The van der Waals surface area contributed by atoms with E-state index in [1.165, 1.54) is 12.8 Å². The van der Waals surface area contributed by atoms with Gasteiger partial charge < -0.3 is 20.1 Å². The van der Waals surface area contributed by atoms with E-state index >= 15 is 0 Å². The predicted molar refractivity (Wildman–Crippen MR) is 78.9 cm³/mol. The van der Waals surface area contributed by atoms with Crippen molar-refractivity contribution in [1.29, 1.82) is 0 Å². The average Bonchev–Trinajstić information content (AvgIpc) is 3.18. The Labute approximate surface area is 115 Å². The summed E-state index contributed by atoms with van der Waals surface area (Å²) in [6, 6.07) is 6.61. The largest absolute Gasteiger partial charge is 0.489 e. The number of methoxy groups -OCH3 is 1. The summed E-state index contributed by atoms with van der Waals surface area (Å²) in [6.07, 6.45) is 2.60. The molecule has 4 heteroatoms. The minimum Gasteiger partial charge on any atom is -0.489 e. The molecular weight excluding hydrogens is 240 g/mol. The number of hydrogen-bond donors (Lipinski definition) is 1. The van der Waals surface area contributed by atoms with Gasteiger partial charge in [-0.05, 0) is 38.8 Å². The van der Waals surface area contributed by atoms with E-state index in [4.69, 9.17) is 15.2 Å². The van der Waals surface area contributed by atoms with Crippen molar-refractivity contribution >= 4 is 11.4 Å². The third-order valence-corrected chi connectivity index (χ3v) is 3.24. The second-order valence-electron chi connectivity index (χ2n) is 5.27. The van der Waals surface area contributed by atoms with Crippen molar-refractivity contribution in [3.63, 3.8) is 0 Å². The van der Waals surface area contributed by atoms with Gasteiger partial charge in [-0.2, -0.15) is 0 Å². The Morgan fingerprint density at radius 2 is 2.11 bits per heavy atom. The third kappa shape index (κ3) is 3.53. The standard InChI is InChI=1S/C15H24N2O2/c1-11(2)19-14-6-4-5-13(15(14)16)17(9-10-18-3)12-7-8-12/h4-6,11-12H,7-10,16H2,1-3H3. The van der Waals surface area contributed by atoms with E-state index < -0.39 is 0 Å². The molecule has 0 aromatic heterocycles. The van der Waals surface area contributed by atoms with Crippen molar-refractivity contribution in [2.45, 2.75) is 38.8 Å².